The van der Waals surface area contributed by atoms with Crippen molar-refractivity contribution in [3.8, 4) is 0 Å². The summed E-state index contributed by atoms with van der Waals surface area (Å²) in [5.74, 6) is -0.283. The number of carbonyl (C=O) groups is 2. The predicted molar refractivity (Wildman–Crippen MR) is 106 cm³/mol. The molecular weight excluding hydrogens is 324 g/mol. The Morgan fingerprint density at radius 3 is 1.85 bits per heavy atom. The van der Waals surface area contributed by atoms with Crippen LogP contribution in [0.3, 0.4) is 0 Å². The van der Waals surface area contributed by atoms with Gasteiger partial charge in [-0.1, -0.05) is 39.0 Å². The number of hydrogen-bond donors (Lipinski definition) is 2. The first-order valence-corrected chi connectivity index (χ1v) is 8.85. The summed E-state index contributed by atoms with van der Waals surface area (Å²) in [6.07, 6.45) is 0.872. The Morgan fingerprint density at radius 2 is 1.31 bits per heavy atom. The van der Waals surface area contributed by atoms with E-state index in [1.54, 1.807) is 36.4 Å². The van der Waals surface area contributed by atoms with E-state index in [1.165, 1.54) is 0 Å². The Kier molecular flexibility index (Phi) is 5.86. The second-order valence-electron chi connectivity index (χ2n) is 8.47. The molecule has 0 fully saturated rings. The molecule has 0 aliphatic heterocycles. The van der Waals surface area contributed by atoms with E-state index in [1.807, 2.05) is 32.0 Å². The van der Waals surface area contributed by atoms with Gasteiger partial charge in [-0.3, -0.25) is 9.59 Å². The molecule has 0 aromatic heterocycles. The topological polar surface area (TPSA) is 58.2 Å². The Morgan fingerprint density at radius 1 is 0.769 bits per heavy atom. The average Bonchev–Trinajstić information content (AvgIpc) is 2.53. The SMILES string of the molecule is CC(C)(C)CC(C)(C)NC(=O)c1ccc(NC(=O)c2ccccc2)cc1. The van der Waals surface area contributed by atoms with Gasteiger partial charge in [0.25, 0.3) is 11.8 Å². The van der Waals surface area contributed by atoms with E-state index in [-0.39, 0.29) is 22.8 Å². The molecule has 2 amide bonds. The van der Waals surface area contributed by atoms with Crippen LogP contribution in [0.15, 0.2) is 54.6 Å². The van der Waals surface area contributed by atoms with Gasteiger partial charge in [-0.2, -0.15) is 0 Å². The largest absolute Gasteiger partial charge is 0.347 e. The average molecular weight is 352 g/mol. The highest BCUT2D eigenvalue weighted by Crippen LogP contribution is 2.27. The molecule has 138 valence electrons. The van der Waals surface area contributed by atoms with Crippen molar-refractivity contribution >= 4 is 17.5 Å². The Hall–Kier alpha value is -2.62. The fourth-order valence-corrected chi connectivity index (χ4v) is 3.25. The Bertz CT molecular complexity index is 757. The molecule has 0 spiro atoms. The lowest BCUT2D eigenvalue weighted by Crippen LogP contribution is -2.45. The minimum absolute atomic E-state index is 0.111. The van der Waals surface area contributed by atoms with Crippen molar-refractivity contribution in [2.45, 2.75) is 46.6 Å². The van der Waals surface area contributed by atoms with Crippen LogP contribution in [0.5, 0.6) is 0 Å². The quantitative estimate of drug-likeness (QED) is 0.805. The number of anilines is 1. The van der Waals surface area contributed by atoms with Gasteiger partial charge in [0.15, 0.2) is 0 Å². The maximum absolute atomic E-state index is 12.5. The normalized spacial score (nSPS) is 11.7. The summed E-state index contributed by atoms with van der Waals surface area (Å²) in [4.78, 5) is 24.7. The van der Waals surface area contributed by atoms with E-state index >= 15 is 0 Å². The predicted octanol–water partition coefficient (Wildman–Crippen LogP) is 4.88. The third-order valence-electron chi connectivity index (χ3n) is 3.87. The summed E-state index contributed by atoms with van der Waals surface area (Å²) in [7, 11) is 0. The van der Waals surface area contributed by atoms with E-state index in [2.05, 4.69) is 31.4 Å². The number of amides is 2. The molecule has 0 bridgehead atoms. The second-order valence-corrected chi connectivity index (χ2v) is 8.47. The van der Waals surface area contributed by atoms with Crippen LogP contribution < -0.4 is 10.6 Å². The van der Waals surface area contributed by atoms with E-state index in [4.69, 9.17) is 0 Å². The van der Waals surface area contributed by atoms with Gasteiger partial charge in [-0.15, -0.1) is 0 Å². The molecule has 2 N–H and O–H groups in total. The molecular formula is C22H28N2O2. The van der Waals surface area contributed by atoms with E-state index < -0.39 is 0 Å². The fourth-order valence-electron chi connectivity index (χ4n) is 3.25. The lowest BCUT2D eigenvalue weighted by atomic mass is 9.81. The van der Waals surface area contributed by atoms with Crippen LogP contribution in [-0.4, -0.2) is 17.4 Å². The Balaban J connectivity index is 2.00. The zero-order valence-corrected chi connectivity index (χ0v) is 16.2. The fraction of sp³-hybridized carbons (Fsp3) is 0.364. The first kappa shape index (κ1) is 19.7. The number of nitrogens with one attached hydrogen (secondary N) is 2. The minimum atomic E-state index is -0.296. The molecule has 0 unspecified atom stereocenters. The van der Waals surface area contributed by atoms with Crippen molar-refractivity contribution in [2.75, 3.05) is 5.32 Å². The van der Waals surface area contributed by atoms with Crippen LogP contribution >= 0.6 is 0 Å². The van der Waals surface area contributed by atoms with Gasteiger partial charge in [0, 0.05) is 22.4 Å². The van der Waals surface area contributed by atoms with Gasteiger partial charge in [0.2, 0.25) is 0 Å². The molecule has 4 heteroatoms. The van der Waals surface area contributed by atoms with Gasteiger partial charge in [-0.25, -0.2) is 0 Å². The van der Waals surface area contributed by atoms with E-state index in [0.29, 0.717) is 16.8 Å². The second kappa shape index (κ2) is 7.73. The molecule has 0 atom stereocenters. The monoisotopic (exact) mass is 352 g/mol. The highest BCUT2D eigenvalue weighted by atomic mass is 16.2. The van der Waals surface area contributed by atoms with Crippen LogP contribution in [-0.2, 0) is 0 Å². The summed E-state index contributed by atoms with van der Waals surface area (Å²) in [6, 6.07) is 16.0. The molecule has 0 heterocycles. The Labute approximate surface area is 156 Å². The summed E-state index contributed by atoms with van der Waals surface area (Å²) in [5.41, 5.74) is 1.66. The summed E-state index contributed by atoms with van der Waals surface area (Å²) >= 11 is 0. The van der Waals surface area contributed by atoms with Gasteiger partial charge < -0.3 is 10.6 Å². The standard InChI is InChI=1S/C22H28N2O2/c1-21(2,3)15-22(4,5)24-20(26)17-11-13-18(14-12-17)23-19(25)16-9-7-6-8-10-16/h6-14H,15H2,1-5H3,(H,23,25)(H,24,26). The minimum Gasteiger partial charge on any atom is -0.347 e. The maximum atomic E-state index is 12.5. The highest BCUT2D eigenvalue weighted by molar-refractivity contribution is 6.04. The lowest BCUT2D eigenvalue weighted by molar-refractivity contribution is 0.0891. The van der Waals surface area contributed by atoms with Crippen molar-refractivity contribution < 1.29 is 9.59 Å². The third-order valence-corrected chi connectivity index (χ3v) is 3.87. The number of carbonyl (C=O) groups excluding carboxylic acids is 2. The molecule has 2 aromatic carbocycles. The first-order chi connectivity index (χ1) is 12.1. The van der Waals surface area contributed by atoms with Crippen molar-refractivity contribution in [2.24, 2.45) is 5.41 Å². The summed E-state index contributed by atoms with van der Waals surface area (Å²) in [6.45, 7) is 10.5. The van der Waals surface area contributed by atoms with Gasteiger partial charge in [0.1, 0.15) is 0 Å². The molecule has 0 aliphatic rings. The van der Waals surface area contributed by atoms with Crippen LogP contribution in [0.1, 0.15) is 61.8 Å². The number of hydrogen-bond acceptors (Lipinski definition) is 2. The van der Waals surface area contributed by atoms with Gasteiger partial charge in [0.05, 0.1) is 0 Å². The molecule has 0 saturated heterocycles. The lowest BCUT2D eigenvalue weighted by Gasteiger charge is -2.33. The third kappa shape index (κ3) is 6.03. The molecule has 0 saturated carbocycles. The number of benzene rings is 2. The van der Waals surface area contributed by atoms with Crippen LogP contribution in [0.4, 0.5) is 5.69 Å². The van der Waals surface area contributed by atoms with Gasteiger partial charge >= 0.3 is 0 Å². The smallest absolute Gasteiger partial charge is 0.255 e. The van der Waals surface area contributed by atoms with Gasteiger partial charge in [-0.05, 0) is 62.1 Å². The zero-order valence-electron chi connectivity index (χ0n) is 16.2. The molecule has 4 nitrogen and oxygen atoms in total. The summed E-state index contributed by atoms with van der Waals surface area (Å²) < 4.78 is 0. The number of rotatable bonds is 5. The molecule has 2 rings (SSSR count). The molecule has 26 heavy (non-hydrogen) atoms. The van der Waals surface area contributed by atoms with E-state index in [0.717, 1.165) is 6.42 Å². The van der Waals surface area contributed by atoms with Crippen molar-refractivity contribution in [1.29, 1.82) is 0 Å². The van der Waals surface area contributed by atoms with Crippen molar-refractivity contribution in [3.63, 3.8) is 0 Å². The van der Waals surface area contributed by atoms with Crippen LogP contribution in [0, 0.1) is 5.41 Å². The highest BCUT2D eigenvalue weighted by Gasteiger charge is 2.27. The van der Waals surface area contributed by atoms with E-state index in [9.17, 15) is 9.59 Å². The molecule has 2 aromatic rings. The summed E-state index contributed by atoms with van der Waals surface area (Å²) in [5, 5.41) is 5.92. The van der Waals surface area contributed by atoms with Crippen LogP contribution in [0.2, 0.25) is 0 Å². The van der Waals surface area contributed by atoms with Crippen LogP contribution in [0.25, 0.3) is 0 Å². The van der Waals surface area contributed by atoms with Crippen molar-refractivity contribution in [1.82, 2.24) is 5.32 Å². The first-order valence-electron chi connectivity index (χ1n) is 8.85. The maximum Gasteiger partial charge on any atom is 0.255 e. The van der Waals surface area contributed by atoms with Crippen molar-refractivity contribution in [3.05, 3.63) is 65.7 Å². The zero-order chi connectivity index (χ0) is 19.4. The molecule has 0 radical (unpaired) electrons. The molecule has 0 aliphatic carbocycles.